The lowest BCUT2D eigenvalue weighted by Gasteiger charge is -2.25. The standard InChI is InChI=1S/C11H15N7/c1-2-9-7-17(4-3-8(1)13-9)11-6-12-5-10-14-15-16-18(10)11/h5-6,8-9,13H,1-4,7H2. The molecule has 2 aromatic rings. The zero-order chi connectivity index (χ0) is 11.9. The van der Waals surface area contributed by atoms with Gasteiger partial charge in [0.15, 0.2) is 11.5 Å². The SMILES string of the molecule is c1ncc2nnnn2c1N1CCC2CCC(C1)N2. The van der Waals surface area contributed by atoms with Crippen LogP contribution in [0.2, 0.25) is 0 Å². The number of tetrazole rings is 1. The maximum Gasteiger partial charge on any atom is 0.199 e. The molecule has 2 atom stereocenters. The van der Waals surface area contributed by atoms with Gasteiger partial charge < -0.3 is 10.2 Å². The van der Waals surface area contributed by atoms with Crippen molar-refractivity contribution in [3.63, 3.8) is 0 Å². The number of fused-ring (bicyclic) bond motifs is 3. The van der Waals surface area contributed by atoms with Crippen LogP contribution in [0.5, 0.6) is 0 Å². The summed E-state index contributed by atoms with van der Waals surface area (Å²) in [5, 5.41) is 15.4. The van der Waals surface area contributed by atoms with E-state index in [-0.39, 0.29) is 0 Å². The van der Waals surface area contributed by atoms with Crippen LogP contribution in [-0.2, 0) is 0 Å². The quantitative estimate of drug-likeness (QED) is 0.753. The largest absolute Gasteiger partial charge is 0.354 e. The summed E-state index contributed by atoms with van der Waals surface area (Å²) < 4.78 is 1.77. The zero-order valence-electron chi connectivity index (χ0n) is 10.0. The predicted octanol–water partition coefficient (Wildman–Crippen LogP) is -0.150. The predicted molar refractivity (Wildman–Crippen MR) is 65.4 cm³/mol. The van der Waals surface area contributed by atoms with Crippen LogP contribution in [0, 0.1) is 0 Å². The van der Waals surface area contributed by atoms with Gasteiger partial charge in [-0.25, -0.2) is 0 Å². The normalized spacial score (nSPS) is 27.7. The molecule has 0 spiro atoms. The third kappa shape index (κ3) is 1.54. The molecule has 4 rings (SSSR count). The van der Waals surface area contributed by atoms with Crippen molar-refractivity contribution in [3.8, 4) is 0 Å². The molecule has 1 N–H and O–H groups in total. The average Bonchev–Trinajstić information content (AvgIpc) is 2.95. The van der Waals surface area contributed by atoms with Crippen molar-refractivity contribution in [2.45, 2.75) is 31.3 Å². The first-order valence-electron chi connectivity index (χ1n) is 6.43. The highest BCUT2D eigenvalue weighted by molar-refractivity contribution is 5.46. The zero-order valence-corrected chi connectivity index (χ0v) is 10.0. The maximum atomic E-state index is 4.23. The molecule has 0 aromatic carbocycles. The van der Waals surface area contributed by atoms with E-state index in [1.807, 2.05) is 6.20 Å². The van der Waals surface area contributed by atoms with E-state index in [0.29, 0.717) is 17.7 Å². The van der Waals surface area contributed by atoms with Crippen molar-refractivity contribution < 1.29 is 0 Å². The summed E-state index contributed by atoms with van der Waals surface area (Å²) in [6, 6.07) is 1.27. The number of nitrogens with zero attached hydrogens (tertiary/aromatic N) is 6. The van der Waals surface area contributed by atoms with Crippen LogP contribution in [-0.4, -0.2) is 50.2 Å². The molecule has 0 amide bonds. The van der Waals surface area contributed by atoms with Gasteiger partial charge in [0, 0.05) is 25.2 Å². The second-order valence-corrected chi connectivity index (χ2v) is 5.09. The molecule has 18 heavy (non-hydrogen) atoms. The number of hydrogen-bond acceptors (Lipinski definition) is 6. The van der Waals surface area contributed by atoms with Gasteiger partial charge in [0.05, 0.1) is 12.4 Å². The summed E-state index contributed by atoms with van der Waals surface area (Å²) in [7, 11) is 0. The van der Waals surface area contributed by atoms with Crippen LogP contribution < -0.4 is 10.2 Å². The van der Waals surface area contributed by atoms with Gasteiger partial charge in [0.1, 0.15) is 0 Å². The number of nitrogens with one attached hydrogen (secondary N) is 1. The Bertz CT molecular complexity index is 565. The molecule has 2 aliphatic rings. The van der Waals surface area contributed by atoms with Crippen LogP contribution >= 0.6 is 0 Å². The highest BCUT2D eigenvalue weighted by atomic mass is 15.5. The van der Waals surface area contributed by atoms with Crippen LogP contribution in [0.3, 0.4) is 0 Å². The number of hydrogen-bond donors (Lipinski definition) is 1. The number of aromatic nitrogens is 5. The average molecular weight is 245 g/mol. The fraction of sp³-hybridized carbons (Fsp3) is 0.636. The Balaban J connectivity index is 1.71. The van der Waals surface area contributed by atoms with E-state index < -0.39 is 0 Å². The molecule has 2 aromatic heterocycles. The van der Waals surface area contributed by atoms with Crippen LogP contribution in [0.15, 0.2) is 12.4 Å². The smallest absolute Gasteiger partial charge is 0.199 e. The molecule has 2 bridgehead atoms. The molecule has 0 aliphatic carbocycles. The lowest BCUT2D eigenvalue weighted by molar-refractivity contribution is 0.563. The third-order valence-electron chi connectivity index (χ3n) is 3.94. The molecule has 2 fully saturated rings. The molecule has 2 unspecified atom stereocenters. The Morgan fingerprint density at radius 2 is 2.11 bits per heavy atom. The molecule has 7 nitrogen and oxygen atoms in total. The first-order valence-corrected chi connectivity index (χ1v) is 6.43. The fourth-order valence-electron chi connectivity index (χ4n) is 3.03. The Hall–Kier alpha value is -1.76. The lowest BCUT2D eigenvalue weighted by Crippen LogP contribution is -2.36. The molecule has 2 saturated heterocycles. The summed E-state index contributed by atoms with van der Waals surface area (Å²) in [5.74, 6) is 0.992. The van der Waals surface area contributed by atoms with Gasteiger partial charge >= 0.3 is 0 Å². The van der Waals surface area contributed by atoms with Gasteiger partial charge in [0.2, 0.25) is 0 Å². The van der Waals surface area contributed by atoms with Crippen LogP contribution in [0.4, 0.5) is 5.82 Å². The maximum absolute atomic E-state index is 4.23. The molecule has 0 saturated carbocycles. The van der Waals surface area contributed by atoms with E-state index in [4.69, 9.17) is 0 Å². The van der Waals surface area contributed by atoms with Gasteiger partial charge in [-0.2, -0.15) is 4.52 Å². The van der Waals surface area contributed by atoms with E-state index in [1.165, 1.54) is 19.3 Å². The minimum Gasteiger partial charge on any atom is -0.354 e. The number of anilines is 1. The van der Waals surface area contributed by atoms with E-state index in [9.17, 15) is 0 Å². The highest BCUT2D eigenvalue weighted by Crippen LogP contribution is 2.23. The molecule has 94 valence electrons. The monoisotopic (exact) mass is 245 g/mol. The van der Waals surface area contributed by atoms with Gasteiger partial charge in [-0.05, 0) is 29.7 Å². The van der Waals surface area contributed by atoms with Crippen molar-refractivity contribution in [3.05, 3.63) is 12.4 Å². The van der Waals surface area contributed by atoms with Crippen molar-refractivity contribution in [2.75, 3.05) is 18.0 Å². The van der Waals surface area contributed by atoms with E-state index >= 15 is 0 Å². The summed E-state index contributed by atoms with van der Waals surface area (Å²) in [6.45, 7) is 2.05. The summed E-state index contributed by atoms with van der Waals surface area (Å²) >= 11 is 0. The molecule has 4 heterocycles. The van der Waals surface area contributed by atoms with Crippen LogP contribution in [0.1, 0.15) is 19.3 Å². The van der Waals surface area contributed by atoms with Crippen molar-refractivity contribution in [1.29, 1.82) is 0 Å². The Morgan fingerprint density at radius 3 is 3.11 bits per heavy atom. The Labute approximate surface area is 104 Å². The second kappa shape index (κ2) is 3.88. The topological polar surface area (TPSA) is 71.2 Å². The highest BCUT2D eigenvalue weighted by Gasteiger charge is 2.30. The summed E-state index contributed by atoms with van der Waals surface area (Å²) in [5.41, 5.74) is 0.704. The van der Waals surface area contributed by atoms with E-state index in [2.05, 4.69) is 30.7 Å². The summed E-state index contributed by atoms with van der Waals surface area (Å²) in [6.07, 6.45) is 7.29. The summed E-state index contributed by atoms with van der Waals surface area (Å²) in [4.78, 5) is 6.57. The lowest BCUT2D eigenvalue weighted by atomic mass is 10.1. The first-order chi connectivity index (χ1) is 8.90. The Morgan fingerprint density at radius 1 is 1.17 bits per heavy atom. The Kier molecular flexibility index (Phi) is 2.19. The van der Waals surface area contributed by atoms with E-state index in [0.717, 1.165) is 18.9 Å². The molecule has 7 heteroatoms. The van der Waals surface area contributed by atoms with Gasteiger partial charge in [-0.1, -0.05) is 0 Å². The molecule has 0 radical (unpaired) electrons. The molecular formula is C11H15N7. The van der Waals surface area contributed by atoms with Crippen molar-refractivity contribution in [1.82, 2.24) is 30.3 Å². The van der Waals surface area contributed by atoms with Crippen molar-refractivity contribution >= 4 is 11.5 Å². The molecule has 2 aliphatic heterocycles. The van der Waals surface area contributed by atoms with Crippen LogP contribution in [0.25, 0.3) is 5.65 Å². The second-order valence-electron chi connectivity index (χ2n) is 5.09. The minimum absolute atomic E-state index is 0.587. The van der Waals surface area contributed by atoms with Gasteiger partial charge in [-0.3, -0.25) is 4.98 Å². The van der Waals surface area contributed by atoms with E-state index in [1.54, 1.807) is 10.7 Å². The minimum atomic E-state index is 0.587. The molecular weight excluding hydrogens is 230 g/mol. The van der Waals surface area contributed by atoms with Gasteiger partial charge in [0.25, 0.3) is 0 Å². The van der Waals surface area contributed by atoms with Crippen molar-refractivity contribution in [2.24, 2.45) is 0 Å². The number of rotatable bonds is 1. The third-order valence-corrected chi connectivity index (χ3v) is 3.94. The first kappa shape index (κ1) is 10.2. The van der Waals surface area contributed by atoms with Gasteiger partial charge in [-0.15, -0.1) is 5.10 Å². The fourth-order valence-corrected chi connectivity index (χ4v) is 3.03.